The van der Waals surface area contributed by atoms with Gasteiger partial charge in [0.05, 0.1) is 11.9 Å². The molecule has 1 aliphatic heterocycles. The summed E-state index contributed by atoms with van der Waals surface area (Å²) in [6.07, 6.45) is -1.84. The van der Waals surface area contributed by atoms with Gasteiger partial charge < -0.3 is 9.47 Å². The highest BCUT2D eigenvalue weighted by Crippen LogP contribution is 2.32. The molecule has 2 heterocycles. The maximum absolute atomic E-state index is 13.0. The normalized spacial score (nSPS) is 20.9. The van der Waals surface area contributed by atoms with E-state index in [4.69, 9.17) is 19.2 Å². The van der Waals surface area contributed by atoms with E-state index in [9.17, 15) is 22.8 Å². The van der Waals surface area contributed by atoms with E-state index in [2.05, 4.69) is 10.0 Å². The zero-order valence-corrected chi connectivity index (χ0v) is 20.1. The third-order valence-electron chi connectivity index (χ3n) is 4.74. The Morgan fingerprint density at radius 2 is 2.03 bits per heavy atom. The smallest absolute Gasteiger partial charge is 0.425 e. The van der Waals surface area contributed by atoms with Gasteiger partial charge in [0.2, 0.25) is 0 Å². The van der Waals surface area contributed by atoms with E-state index in [1.807, 2.05) is 0 Å². The highest BCUT2D eigenvalue weighted by molar-refractivity contribution is 7.86. The minimum atomic E-state index is -3.94. The summed E-state index contributed by atoms with van der Waals surface area (Å²) in [5, 5.41) is 3.29. The highest BCUT2D eigenvalue weighted by atomic mass is 32.2. The number of carbonyl (C=O) groups excluding carboxylic acids is 1. The molecule has 0 N–H and O–H groups in total. The van der Waals surface area contributed by atoms with Crippen molar-refractivity contribution in [3.63, 3.8) is 0 Å². The van der Waals surface area contributed by atoms with Gasteiger partial charge in [-0.25, -0.2) is 9.59 Å². The number of carbonyl (C=O) groups is 1. The molecular weight excluding hydrogens is 458 g/mol. The van der Waals surface area contributed by atoms with Crippen molar-refractivity contribution in [1.82, 2.24) is 9.13 Å². The van der Waals surface area contributed by atoms with E-state index < -0.39 is 51.5 Å². The Kier molecular flexibility index (Phi) is 8.46. The van der Waals surface area contributed by atoms with Crippen molar-refractivity contribution in [2.24, 2.45) is 5.11 Å². The van der Waals surface area contributed by atoms with Crippen molar-refractivity contribution in [3.8, 4) is 0 Å². The molecule has 14 heteroatoms. The van der Waals surface area contributed by atoms with E-state index in [-0.39, 0.29) is 30.7 Å². The first-order valence-corrected chi connectivity index (χ1v) is 12.0. The number of ether oxygens (including phenoxy) is 2. The molecule has 1 aromatic heterocycles. The molecule has 0 saturated carbocycles. The first kappa shape index (κ1) is 26.6. The standard InChI is InChI=1S/C19H29N5O8S/c1-6-13-14(32-33(28,29)9-7-8-21-22-20)10-15(30-13)23-11-12(2)16(25)24(17(23)26)18(27)31-19(3,4)5/h11,13-15H,6-10H2,1-5H3/t13-,14-,15-/m1/s1. The van der Waals surface area contributed by atoms with Crippen molar-refractivity contribution in [2.45, 2.75) is 77.9 Å². The summed E-state index contributed by atoms with van der Waals surface area (Å²) in [6, 6.07) is 0. The molecule has 3 atom stereocenters. The maximum atomic E-state index is 13.0. The van der Waals surface area contributed by atoms with Gasteiger partial charge in [-0.15, -0.1) is 0 Å². The second kappa shape index (κ2) is 10.5. The number of azide groups is 1. The quantitative estimate of drug-likeness (QED) is 0.176. The molecule has 1 aliphatic rings. The fourth-order valence-corrected chi connectivity index (χ4v) is 4.46. The SMILES string of the molecule is CC[C@H]1O[C@@H](n2cc(C)c(=O)n(C(=O)OC(C)(C)C)c2=O)C[C@H]1OS(=O)(=O)CCCN=[N+]=[N-]. The number of aromatic nitrogens is 2. The van der Waals surface area contributed by atoms with E-state index >= 15 is 0 Å². The minimum Gasteiger partial charge on any atom is -0.443 e. The van der Waals surface area contributed by atoms with Gasteiger partial charge in [-0.3, -0.25) is 13.5 Å². The molecule has 2 rings (SSSR count). The molecule has 0 aromatic carbocycles. The Morgan fingerprint density at radius 1 is 1.36 bits per heavy atom. The summed E-state index contributed by atoms with van der Waals surface area (Å²) in [5.74, 6) is -0.341. The van der Waals surface area contributed by atoms with Gasteiger partial charge in [0, 0.05) is 29.6 Å². The molecule has 0 aliphatic carbocycles. The van der Waals surface area contributed by atoms with E-state index in [0.717, 1.165) is 4.57 Å². The molecule has 1 fully saturated rings. The van der Waals surface area contributed by atoms with Crippen LogP contribution in [0.25, 0.3) is 10.4 Å². The van der Waals surface area contributed by atoms with Crippen LogP contribution in [-0.2, 0) is 23.8 Å². The molecule has 184 valence electrons. The predicted molar refractivity (Wildman–Crippen MR) is 117 cm³/mol. The van der Waals surface area contributed by atoms with Crippen LogP contribution in [0.5, 0.6) is 0 Å². The Balaban J connectivity index is 2.31. The number of hydrogen-bond donors (Lipinski definition) is 0. The lowest BCUT2D eigenvalue weighted by atomic mass is 10.1. The van der Waals surface area contributed by atoms with Crippen LogP contribution in [-0.4, -0.2) is 53.8 Å². The molecule has 33 heavy (non-hydrogen) atoms. The average molecular weight is 488 g/mol. The number of rotatable bonds is 8. The molecule has 1 saturated heterocycles. The third kappa shape index (κ3) is 6.90. The number of aryl methyl sites for hydroxylation is 1. The molecule has 0 spiro atoms. The largest absolute Gasteiger partial charge is 0.443 e. The summed E-state index contributed by atoms with van der Waals surface area (Å²) in [4.78, 5) is 40.5. The van der Waals surface area contributed by atoms with E-state index in [1.54, 1.807) is 27.7 Å². The number of nitrogens with zero attached hydrogens (tertiary/aromatic N) is 5. The lowest BCUT2D eigenvalue weighted by molar-refractivity contribution is -0.0182. The Labute approximate surface area is 191 Å². The van der Waals surface area contributed by atoms with Crippen LogP contribution in [0.3, 0.4) is 0 Å². The van der Waals surface area contributed by atoms with Crippen molar-refractivity contribution >= 4 is 16.2 Å². The molecule has 13 nitrogen and oxygen atoms in total. The van der Waals surface area contributed by atoms with Crippen LogP contribution >= 0.6 is 0 Å². The van der Waals surface area contributed by atoms with Gasteiger partial charge in [-0.1, -0.05) is 12.0 Å². The predicted octanol–water partition coefficient (Wildman–Crippen LogP) is 2.21. The lowest BCUT2D eigenvalue weighted by Crippen LogP contribution is -2.47. The van der Waals surface area contributed by atoms with Crippen molar-refractivity contribution in [2.75, 3.05) is 12.3 Å². The van der Waals surface area contributed by atoms with Crippen molar-refractivity contribution < 1.29 is 26.9 Å². The summed E-state index contributed by atoms with van der Waals surface area (Å²) >= 11 is 0. The van der Waals surface area contributed by atoms with Crippen LogP contribution in [0.1, 0.15) is 58.7 Å². The Hall–Kier alpha value is -2.67. The Bertz CT molecular complexity index is 1140. The Morgan fingerprint density at radius 3 is 2.61 bits per heavy atom. The lowest BCUT2D eigenvalue weighted by Gasteiger charge is -2.21. The monoisotopic (exact) mass is 487 g/mol. The minimum absolute atomic E-state index is 0.0000457. The van der Waals surface area contributed by atoms with Crippen LogP contribution in [0, 0.1) is 6.92 Å². The van der Waals surface area contributed by atoms with Crippen LogP contribution < -0.4 is 11.2 Å². The van der Waals surface area contributed by atoms with Gasteiger partial charge in [-0.2, -0.15) is 13.0 Å². The molecule has 0 radical (unpaired) electrons. The molecule has 0 unspecified atom stereocenters. The second-order valence-electron chi connectivity index (χ2n) is 8.60. The summed E-state index contributed by atoms with van der Waals surface area (Å²) < 4.78 is 42.4. The zero-order chi connectivity index (χ0) is 25.0. The fraction of sp³-hybridized carbons (Fsp3) is 0.737. The highest BCUT2D eigenvalue weighted by Gasteiger charge is 2.39. The molecular formula is C19H29N5O8S. The summed E-state index contributed by atoms with van der Waals surface area (Å²) in [5.41, 5.74) is 5.68. The fourth-order valence-electron chi connectivity index (χ4n) is 3.30. The second-order valence-corrected chi connectivity index (χ2v) is 10.3. The van der Waals surface area contributed by atoms with E-state index in [0.29, 0.717) is 11.0 Å². The molecule has 1 aromatic rings. The van der Waals surface area contributed by atoms with E-state index in [1.165, 1.54) is 13.1 Å². The van der Waals surface area contributed by atoms with Crippen LogP contribution in [0.2, 0.25) is 0 Å². The van der Waals surface area contributed by atoms with Gasteiger partial charge in [0.25, 0.3) is 15.7 Å². The number of hydrogen-bond acceptors (Lipinski definition) is 9. The first-order chi connectivity index (χ1) is 15.3. The van der Waals surface area contributed by atoms with Gasteiger partial charge in [0.15, 0.2) is 0 Å². The summed E-state index contributed by atoms with van der Waals surface area (Å²) in [7, 11) is -3.94. The van der Waals surface area contributed by atoms with Crippen molar-refractivity contribution in [3.05, 3.63) is 43.0 Å². The van der Waals surface area contributed by atoms with Gasteiger partial charge in [0.1, 0.15) is 17.9 Å². The first-order valence-electron chi connectivity index (χ1n) is 10.4. The maximum Gasteiger partial charge on any atom is 0.425 e. The average Bonchev–Trinajstić information content (AvgIpc) is 3.08. The van der Waals surface area contributed by atoms with Gasteiger partial charge >= 0.3 is 11.8 Å². The molecule has 0 bridgehead atoms. The zero-order valence-electron chi connectivity index (χ0n) is 19.3. The van der Waals surface area contributed by atoms with Crippen LogP contribution in [0.4, 0.5) is 4.79 Å². The summed E-state index contributed by atoms with van der Waals surface area (Å²) in [6.45, 7) is 8.03. The van der Waals surface area contributed by atoms with Gasteiger partial charge in [-0.05, 0) is 46.1 Å². The van der Waals surface area contributed by atoms with Crippen molar-refractivity contribution in [1.29, 1.82) is 0 Å². The topological polar surface area (TPSA) is 172 Å². The van der Waals surface area contributed by atoms with Crippen LogP contribution in [0.15, 0.2) is 20.9 Å². The third-order valence-corrected chi connectivity index (χ3v) is 6.07. The molecule has 0 amide bonds.